The van der Waals surface area contributed by atoms with Gasteiger partial charge in [-0.1, -0.05) is 30.3 Å². The van der Waals surface area contributed by atoms with Crippen molar-refractivity contribution in [1.82, 2.24) is 4.90 Å². The molecule has 0 bridgehead atoms. The zero-order valence-corrected chi connectivity index (χ0v) is 12.6. The standard InChI is InChI=1S/C16H17NO3S/c1-17(9-8-16(19)20)15(18)11-21-14-7-6-12-4-2-3-5-13(12)10-14/h2-7,10H,8-9,11H2,1H3,(H,19,20). The lowest BCUT2D eigenvalue weighted by Gasteiger charge is -2.15. The third-order valence-electron chi connectivity index (χ3n) is 3.17. The van der Waals surface area contributed by atoms with E-state index in [1.165, 1.54) is 22.0 Å². The molecule has 1 amide bonds. The number of benzene rings is 2. The number of thioether (sulfide) groups is 1. The van der Waals surface area contributed by atoms with E-state index in [1.807, 2.05) is 30.3 Å². The predicted octanol–water partition coefficient (Wildman–Crippen LogP) is 2.87. The first-order valence-corrected chi connectivity index (χ1v) is 7.62. The van der Waals surface area contributed by atoms with Crippen LogP contribution >= 0.6 is 11.8 Å². The lowest BCUT2D eigenvalue weighted by molar-refractivity contribution is -0.137. The maximum Gasteiger partial charge on any atom is 0.305 e. The molecule has 0 aromatic heterocycles. The maximum atomic E-state index is 11.9. The lowest BCUT2D eigenvalue weighted by atomic mass is 10.1. The topological polar surface area (TPSA) is 57.6 Å². The summed E-state index contributed by atoms with van der Waals surface area (Å²) in [7, 11) is 1.63. The Labute approximate surface area is 127 Å². The average Bonchev–Trinajstić information content (AvgIpc) is 2.49. The second-order valence-corrected chi connectivity index (χ2v) is 5.81. The highest BCUT2D eigenvalue weighted by Gasteiger charge is 2.10. The van der Waals surface area contributed by atoms with Crippen molar-refractivity contribution in [2.24, 2.45) is 0 Å². The van der Waals surface area contributed by atoms with Gasteiger partial charge in [0, 0.05) is 18.5 Å². The van der Waals surface area contributed by atoms with Gasteiger partial charge in [-0.25, -0.2) is 0 Å². The number of amides is 1. The van der Waals surface area contributed by atoms with Crippen molar-refractivity contribution in [1.29, 1.82) is 0 Å². The first-order chi connectivity index (χ1) is 10.1. The fourth-order valence-corrected chi connectivity index (χ4v) is 2.79. The molecule has 2 aromatic rings. The molecule has 21 heavy (non-hydrogen) atoms. The Morgan fingerprint density at radius 3 is 2.57 bits per heavy atom. The average molecular weight is 303 g/mol. The van der Waals surface area contributed by atoms with Gasteiger partial charge in [0.2, 0.25) is 5.91 Å². The molecule has 0 radical (unpaired) electrons. The van der Waals surface area contributed by atoms with Crippen molar-refractivity contribution in [3.63, 3.8) is 0 Å². The van der Waals surface area contributed by atoms with Gasteiger partial charge in [0.05, 0.1) is 12.2 Å². The second kappa shape index (κ2) is 7.13. The normalized spacial score (nSPS) is 10.5. The Balaban J connectivity index is 1.91. The number of aliphatic carboxylic acids is 1. The van der Waals surface area contributed by atoms with Crippen LogP contribution in [0.25, 0.3) is 10.8 Å². The van der Waals surface area contributed by atoms with Crippen LogP contribution < -0.4 is 0 Å². The summed E-state index contributed by atoms with van der Waals surface area (Å²) in [6, 6.07) is 14.2. The highest BCUT2D eigenvalue weighted by Crippen LogP contribution is 2.23. The third-order valence-corrected chi connectivity index (χ3v) is 4.15. The molecular formula is C16H17NO3S. The molecule has 2 rings (SSSR count). The van der Waals surface area contributed by atoms with Crippen molar-refractivity contribution in [2.75, 3.05) is 19.3 Å². The summed E-state index contributed by atoms with van der Waals surface area (Å²) in [6.45, 7) is 0.243. The summed E-state index contributed by atoms with van der Waals surface area (Å²) in [5.74, 6) is -0.639. The molecule has 0 aliphatic heterocycles. The molecule has 110 valence electrons. The van der Waals surface area contributed by atoms with E-state index >= 15 is 0 Å². The number of hydrogen-bond donors (Lipinski definition) is 1. The molecule has 0 fully saturated rings. The van der Waals surface area contributed by atoms with Crippen LogP contribution in [0.5, 0.6) is 0 Å². The fourth-order valence-electron chi connectivity index (χ4n) is 1.90. The molecule has 0 heterocycles. The quantitative estimate of drug-likeness (QED) is 0.834. The monoisotopic (exact) mass is 303 g/mol. The Hall–Kier alpha value is -2.01. The van der Waals surface area contributed by atoms with Crippen molar-refractivity contribution in [2.45, 2.75) is 11.3 Å². The van der Waals surface area contributed by atoms with Crippen molar-refractivity contribution < 1.29 is 14.7 Å². The van der Waals surface area contributed by atoms with Crippen molar-refractivity contribution >= 4 is 34.4 Å². The Bertz CT molecular complexity index is 657. The number of nitrogens with zero attached hydrogens (tertiary/aromatic N) is 1. The summed E-state index contributed by atoms with van der Waals surface area (Å²) in [6.07, 6.45) is -0.0249. The van der Waals surface area contributed by atoms with Gasteiger partial charge in [-0.2, -0.15) is 0 Å². The molecule has 0 saturated carbocycles. The van der Waals surface area contributed by atoms with Gasteiger partial charge < -0.3 is 10.0 Å². The Kier molecular flexibility index (Phi) is 5.22. The number of carbonyl (C=O) groups excluding carboxylic acids is 1. The van der Waals surface area contributed by atoms with Crippen LogP contribution in [0, 0.1) is 0 Å². The fraction of sp³-hybridized carbons (Fsp3) is 0.250. The summed E-state index contributed by atoms with van der Waals surface area (Å²) >= 11 is 1.47. The minimum atomic E-state index is -0.892. The molecule has 0 aliphatic carbocycles. The van der Waals surface area contributed by atoms with E-state index in [0.29, 0.717) is 5.75 Å². The molecule has 0 unspecified atom stereocenters. The molecule has 0 saturated heterocycles. The van der Waals surface area contributed by atoms with Gasteiger partial charge in [0.25, 0.3) is 0 Å². The highest BCUT2D eigenvalue weighted by atomic mass is 32.2. The van der Waals surface area contributed by atoms with Crippen LogP contribution in [0.4, 0.5) is 0 Å². The van der Waals surface area contributed by atoms with Crippen molar-refractivity contribution in [3.8, 4) is 0 Å². The SMILES string of the molecule is CN(CCC(=O)O)C(=O)CSc1ccc2ccccc2c1. The minimum Gasteiger partial charge on any atom is -0.481 e. The Morgan fingerprint density at radius 1 is 1.14 bits per heavy atom. The minimum absolute atomic E-state index is 0.0249. The summed E-state index contributed by atoms with van der Waals surface area (Å²) in [5.41, 5.74) is 0. The number of carboxylic acid groups (broad SMARTS) is 1. The number of hydrogen-bond acceptors (Lipinski definition) is 3. The zero-order valence-electron chi connectivity index (χ0n) is 11.8. The van der Waals surface area contributed by atoms with Crippen LogP contribution in [0.3, 0.4) is 0 Å². The van der Waals surface area contributed by atoms with E-state index in [-0.39, 0.29) is 18.9 Å². The van der Waals surface area contributed by atoms with Gasteiger partial charge in [-0.05, 0) is 22.9 Å². The largest absolute Gasteiger partial charge is 0.481 e. The molecule has 0 aliphatic rings. The van der Waals surface area contributed by atoms with Crippen LogP contribution in [0.15, 0.2) is 47.4 Å². The highest BCUT2D eigenvalue weighted by molar-refractivity contribution is 8.00. The molecule has 0 atom stereocenters. The molecule has 2 aromatic carbocycles. The molecule has 4 nitrogen and oxygen atoms in total. The number of rotatable bonds is 6. The first kappa shape index (κ1) is 15.4. The smallest absolute Gasteiger partial charge is 0.305 e. The first-order valence-electron chi connectivity index (χ1n) is 6.63. The van der Waals surface area contributed by atoms with Crippen LogP contribution in [0.2, 0.25) is 0 Å². The van der Waals surface area contributed by atoms with E-state index < -0.39 is 5.97 Å². The molecule has 1 N–H and O–H groups in total. The van der Waals surface area contributed by atoms with Gasteiger partial charge in [0.1, 0.15) is 0 Å². The van der Waals surface area contributed by atoms with Crippen LogP contribution in [0.1, 0.15) is 6.42 Å². The zero-order chi connectivity index (χ0) is 15.2. The second-order valence-electron chi connectivity index (χ2n) is 4.76. The van der Waals surface area contributed by atoms with E-state index in [9.17, 15) is 9.59 Å². The number of carbonyl (C=O) groups is 2. The van der Waals surface area contributed by atoms with E-state index in [4.69, 9.17) is 5.11 Å². The summed E-state index contributed by atoms with van der Waals surface area (Å²) < 4.78 is 0. The third kappa shape index (κ3) is 4.49. The Morgan fingerprint density at radius 2 is 1.86 bits per heavy atom. The molecule has 0 spiro atoms. The molecule has 5 heteroatoms. The molecular weight excluding hydrogens is 286 g/mol. The van der Waals surface area contributed by atoms with Crippen LogP contribution in [-0.4, -0.2) is 41.2 Å². The summed E-state index contributed by atoms with van der Waals surface area (Å²) in [5, 5.41) is 10.9. The number of carboxylic acids is 1. The number of fused-ring (bicyclic) bond motifs is 1. The van der Waals surface area contributed by atoms with Gasteiger partial charge in [0.15, 0.2) is 0 Å². The van der Waals surface area contributed by atoms with E-state index in [2.05, 4.69) is 12.1 Å². The van der Waals surface area contributed by atoms with Gasteiger partial charge >= 0.3 is 5.97 Å². The van der Waals surface area contributed by atoms with Crippen LogP contribution in [-0.2, 0) is 9.59 Å². The van der Waals surface area contributed by atoms with Gasteiger partial charge in [-0.3, -0.25) is 9.59 Å². The van der Waals surface area contributed by atoms with E-state index in [0.717, 1.165) is 10.3 Å². The van der Waals surface area contributed by atoms with Gasteiger partial charge in [-0.15, -0.1) is 11.8 Å². The summed E-state index contributed by atoms with van der Waals surface area (Å²) in [4.78, 5) is 24.9. The lowest BCUT2D eigenvalue weighted by Crippen LogP contribution is -2.30. The maximum absolute atomic E-state index is 11.9. The predicted molar refractivity (Wildman–Crippen MR) is 84.6 cm³/mol. The van der Waals surface area contributed by atoms with Crippen molar-refractivity contribution in [3.05, 3.63) is 42.5 Å². The van der Waals surface area contributed by atoms with E-state index in [1.54, 1.807) is 7.05 Å².